The van der Waals surface area contributed by atoms with Gasteiger partial charge in [-0.05, 0) is 41.2 Å². The van der Waals surface area contributed by atoms with E-state index in [-0.39, 0.29) is 0 Å². The summed E-state index contributed by atoms with van der Waals surface area (Å²) in [5, 5.41) is 2.16. The van der Waals surface area contributed by atoms with Crippen LogP contribution in [0.4, 0.5) is 0 Å². The fraction of sp³-hybridized carbons (Fsp3) is 0.188. The summed E-state index contributed by atoms with van der Waals surface area (Å²) < 4.78 is 2.95. The molecule has 2 heterocycles. The Balaban J connectivity index is 2.02. The first-order valence-electron chi connectivity index (χ1n) is 6.68. The normalized spacial score (nSPS) is 10.8. The standard InChI is InChI=1S/C16H16N2S2/c1-2-12-8-9-20-15(12)11-18-14(10-17-16(18)19)13-6-4-3-5-7-13/h3-10H,2,11H2,1H3,(H,17,19). The van der Waals surface area contributed by atoms with Crippen molar-refractivity contribution in [2.45, 2.75) is 19.9 Å². The third kappa shape index (κ3) is 2.49. The quantitative estimate of drug-likeness (QED) is 0.681. The average molecular weight is 300 g/mol. The highest BCUT2D eigenvalue weighted by Crippen LogP contribution is 2.24. The monoisotopic (exact) mass is 300 g/mol. The van der Waals surface area contributed by atoms with E-state index in [9.17, 15) is 0 Å². The molecule has 102 valence electrons. The third-order valence-corrected chi connectivity index (χ3v) is 4.74. The summed E-state index contributed by atoms with van der Waals surface area (Å²) >= 11 is 7.24. The van der Waals surface area contributed by atoms with Crippen molar-refractivity contribution in [3.05, 3.63) is 63.2 Å². The molecule has 1 aromatic carbocycles. The summed E-state index contributed by atoms with van der Waals surface area (Å²) in [6.45, 7) is 3.04. The maximum atomic E-state index is 5.44. The van der Waals surface area contributed by atoms with Crippen molar-refractivity contribution in [3.8, 4) is 11.3 Å². The average Bonchev–Trinajstić information content (AvgIpc) is 3.08. The Kier molecular flexibility index (Phi) is 3.85. The van der Waals surface area contributed by atoms with E-state index < -0.39 is 0 Å². The summed E-state index contributed by atoms with van der Waals surface area (Å²) in [5.41, 5.74) is 3.75. The van der Waals surface area contributed by atoms with Gasteiger partial charge in [0.05, 0.1) is 12.2 Å². The Hall–Kier alpha value is -1.65. The molecule has 2 nitrogen and oxygen atoms in total. The lowest BCUT2D eigenvalue weighted by Gasteiger charge is -2.08. The van der Waals surface area contributed by atoms with Crippen molar-refractivity contribution >= 4 is 23.6 Å². The van der Waals surface area contributed by atoms with Crippen molar-refractivity contribution < 1.29 is 0 Å². The van der Waals surface area contributed by atoms with Crippen LogP contribution in [-0.4, -0.2) is 9.55 Å². The van der Waals surface area contributed by atoms with Gasteiger partial charge >= 0.3 is 0 Å². The van der Waals surface area contributed by atoms with Gasteiger partial charge in [0.2, 0.25) is 0 Å². The van der Waals surface area contributed by atoms with Gasteiger partial charge in [0.25, 0.3) is 0 Å². The van der Waals surface area contributed by atoms with Gasteiger partial charge in [-0.25, -0.2) is 0 Å². The summed E-state index contributed by atoms with van der Waals surface area (Å²) in [6.07, 6.45) is 3.06. The molecule has 0 aliphatic carbocycles. The zero-order chi connectivity index (χ0) is 13.9. The Morgan fingerprint density at radius 1 is 1.20 bits per heavy atom. The Bertz CT molecular complexity index is 750. The number of aromatic amines is 1. The van der Waals surface area contributed by atoms with Crippen LogP contribution < -0.4 is 0 Å². The number of H-pyrrole nitrogens is 1. The van der Waals surface area contributed by atoms with Crippen molar-refractivity contribution in [2.75, 3.05) is 0 Å². The number of imidazole rings is 1. The first-order chi connectivity index (χ1) is 9.79. The Morgan fingerprint density at radius 3 is 2.75 bits per heavy atom. The van der Waals surface area contributed by atoms with E-state index in [1.807, 2.05) is 12.3 Å². The molecule has 0 radical (unpaired) electrons. The molecule has 3 aromatic rings. The number of hydrogen-bond donors (Lipinski definition) is 1. The lowest BCUT2D eigenvalue weighted by molar-refractivity contribution is 0.795. The molecule has 0 fully saturated rings. The van der Waals surface area contributed by atoms with Crippen LogP contribution in [0.2, 0.25) is 0 Å². The van der Waals surface area contributed by atoms with E-state index in [1.54, 1.807) is 11.3 Å². The van der Waals surface area contributed by atoms with Crippen LogP contribution in [0.5, 0.6) is 0 Å². The molecule has 0 atom stereocenters. The number of benzene rings is 1. The minimum absolute atomic E-state index is 0.777. The number of nitrogens with zero attached hydrogens (tertiary/aromatic N) is 1. The van der Waals surface area contributed by atoms with Crippen LogP contribution in [0, 0.1) is 4.77 Å². The fourth-order valence-corrected chi connectivity index (χ4v) is 3.55. The fourth-order valence-electron chi connectivity index (χ4n) is 2.36. The number of aryl methyl sites for hydroxylation is 1. The molecule has 1 N–H and O–H groups in total. The predicted octanol–water partition coefficient (Wildman–Crippen LogP) is 4.88. The zero-order valence-corrected chi connectivity index (χ0v) is 12.9. The van der Waals surface area contributed by atoms with Crippen molar-refractivity contribution in [2.24, 2.45) is 0 Å². The van der Waals surface area contributed by atoms with E-state index >= 15 is 0 Å². The van der Waals surface area contributed by atoms with Gasteiger partial charge in [0.1, 0.15) is 0 Å². The topological polar surface area (TPSA) is 20.7 Å². The molecule has 0 amide bonds. The molecule has 0 spiro atoms. The summed E-state index contributed by atoms with van der Waals surface area (Å²) in [6, 6.07) is 12.6. The van der Waals surface area contributed by atoms with Crippen LogP contribution in [0.15, 0.2) is 48.0 Å². The zero-order valence-electron chi connectivity index (χ0n) is 11.3. The van der Waals surface area contributed by atoms with Gasteiger partial charge < -0.3 is 9.55 Å². The summed E-state index contributed by atoms with van der Waals surface area (Å²) in [4.78, 5) is 4.56. The van der Waals surface area contributed by atoms with Gasteiger partial charge in [-0.15, -0.1) is 11.3 Å². The second-order valence-corrected chi connectivity index (χ2v) is 6.04. The molecule has 20 heavy (non-hydrogen) atoms. The van der Waals surface area contributed by atoms with Crippen molar-refractivity contribution in [1.82, 2.24) is 9.55 Å². The molecule has 0 saturated heterocycles. The van der Waals surface area contributed by atoms with Gasteiger partial charge in [0.15, 0.2) is 4.77 Å². The molecule has 0 saturated carbocycles. The molecule has 3 rings (SSSR count). The van der Waals surface area contributed by atoms with Gasteiger partial charge in [-0.2, -0.15) is 0 Å². The summed E-state index contributed by atoms with van der Waals surface area (Å²) in [5.74, 6) is 0. The van der Waals surface area contributed by atoms with Crippen LogP contribution in [-0.2, 0) is 13.0 Å². The van der Waals surface area contributed by atoms with Crippen LogP contribution in [0.25, 0.3) is 11.3 Å². The molecule has 0 aliphatic rings. The van der Waals surface area contributed by atoms with E-state index in [0.717, 1.165) is 23.4 Å². The van der Waals surface area contributed by atoms with E-state index in [1.165, 1.54) is 16.0 Å². The minimum atomic E-state index is 0.777. The second kappa shape index (κ2) is 5.77. The summed E-state index contributed by atoms with van der Waals surface area (Å²) in [7, 11) is 0. The lowest BCUT2D eigenvalue weighted by Crippen LogP contribution is -2.02. The third-order valence-electron chi connectivity index (χ3n) is 3.46. The first-order valence-corrected chi connectivity index (χ1v) is 7.97. The Morgan fingerprint density at radius 2 is 2.00 bits per heavy atom. The number of hydrogen-bond acceptors (Lipinski definition) is 2. The SMILES string of the molecule is CCc1ccsc1Cn1c(-c2ccccc2)c[nH]c1=S. The van der Waals surface area contributed by atoms with Crippen molar-refractivity contribution in [1.29, 1.82) is 0 Å². The van der Waals surface area contributed by atoms with Crippen LogP contribution in [0.1, 0.15) is 17.4 Å². The number of aromatic nitrogens is 2. The lowest BCUT2D eigenvalue weighted by atomic mass is 10.1. The highest BCUT2D eigenvalue weighted by atomic mass is 32.1. The molecular weight excluding hydrogens is 284 g/mol. The van der Waals surface area contributed by atoms with E-state index in [0.29, 0.717) is 0 Å². The number of thiophene rings is 1. The molecule has 0 bridgehead atoms. The number of nitrogens with one attached hydrogen (secondary N) is 1. The molecular formula is C16H16N2S2. The highest BCUT2D eigenvalue weighted by molar-refractivity contribution is 7.71. The molecule has 0 aliphatic heterocycles. The first kappa shape index (κ1) is 13.3. The number of rotatable bonds is 4. The van der Waals surface area contributed by atoms with Gasteiger partial charge in [-0.1, -0.05) is 37.3 Å². The molecule has 0 unspecified atom stereocenters. The molecule has 4 heteroatoms. The van der Waals surface area contributed by atoms with Crippen molar-refractivity contribution in [3.63, 3.8) is 0 Å². The van der Waals surface area contributed by atoms with Crippen LogP contribution in [0.3, 0.4) is 0 Å². The van der Waals surface area contributed by atoms with Gasteiger partial charge in [0, 0.05) is 11.1 Å². The largest absolute Gasteiger partial charge is 0.337 e. The minimum Gasteiger partial charge on any atom is -0.337 e. The Labute approximate surface area is 127 Å². The maximum Gasteiger partial charge on any atom is 0.177 e. The van der Waals surface area contributed by atoms with E-state index in [4.69, 9.17) is 12.2 Å². The highest BCUT2D eigenvalue weighted by Gasteiger charge is 2.09. The smallest absolute Gasteiger partial charge is 0.177 e. The molecule has 2 aromatic heterocycles. The maximum absolute atomic E-state index is 5.44. The second-order valence-electron chi connectivity index (χ2n) is 4.65. The van der Waals surface area contributed by atoms with Gasteiger partial charge in [-0.3, -0.25) is 0 Å². The van der Waals surface area contributed by atoms with E-state index in [2.05, 4.69) is 52.2 Å². The van der Waals surface area contributed by atoms with Crippen LogP contribution >= 0.6 is 23.6 Å². The predicted molar refractivity (Wildman–Crippen MR) is 87.9 cm³/mol.